The van der Waals surface area contributed by atoms with Crippen LogP contribution in [0.25, 0.3) is 0 Å². The first kappa shape index (κ1) is 27.6. The minimum Gasteiger partial charge on any atom is -0.495 e. The summed E-state index contributed by atoms with van der Waals surface area (Å²) in [7, 11) is 3.19. The van der Waals surface area contributed by atoms with Crippen molar-refractivity contribution in [2.75, 3.05) is 52.4 Å². The van der Waals surface area contributed by atoms with E-state index in [1.807, 2.05) is 31.2 Å². The normalized spacial score (nSPS) is 13.6. The molecule has 2 amide bonds. The third-order valence-corrected chi connectivity index (χ3v) is 5.91. The molecule has 0 radical (unpaired) electrons. The molecular weight excluding hydrogens is 498 g/mol. The van der Waals surface area contributed by atoms with Gasteiger partial charge in [-0.25, -0.2) is 4.98 Å². The molecule has 3 aromatic rings. The number of benzene rings is 2. The first-order valence-electron chi connectivity index (χ1n) is 12.6. The highest BCUT2D eigenvalue weighted by Gasteiger charge is 2.19. The second-order valence-corrected chi connectivity index (χ2v) is 8.87. The molecule has 1 fully saturated rings. The molecule has 0 unspecified atom stereocenters. The van der Waals surface area contributed by atoms with E-state index in [1.165, 1.54) is 6.20 Å². The highest BCUT2D eigenvalue weighted by atomic mass is 16.5. The van der Waals surface area contributed by atoms with Crippen LogP contribution in [0.5, 0.6) is 11.5 Å². The van der Waals surface area contributed by atoms with Gasteiger partial charge in [-0.1, -0.05) is 24.0 Å². The number of anilines is 1. The van der Waals surface area contributed by atoms with Crippen molar-refractivity contribution in [3.63, 3.8) is 0 Å². The summed E-state index contributed by atoms with van der Waals surface area (Å²) in [6, 6.07) is 15.8. The van der Waals surface area contributed by atoms with E-state index < -0.39 is 0 Å². The van der Waals surface area contributed by atoms with E-state index in [0.717, 1.165) is 5.56 Å². The van der Waals surface area contributed by atoms with E-state index in [4.69, 9.17) is 18.9 Å². The summed E-state index contributed by atoms with van der Waals surface area (Å²) in [5.74, 6) is 7.16. The highest BCUT2D eigenvalue weighted by Crippen LogP contribution is 2.21. The van der Waals surface area contributed by atoms with Gasteiger partial charge in [0.05, 0.1) is 38.1 Å². The van der Waals surface area contributed by atoms with Gasteiger partial charge in [0.2, 0.25) is 0 Å². The first-order chi connectivity index (χ1) is 19.0. The Morgan fingerprint density at radius 3 is 2.56 bits per heavy atom. The van der Waals surface area contributed by atoms with Crippen molar-refractivity contribution >= 4 is 17.6 Å². The zero-order chi connectivity index (χ0) is 27.6. The van der Waals surface area contributed by atoms with E-state index in [2.05, 4.69) is 22.1 Å². The second-order valence-electron chi connectivity index (χ2n) is 8.87. The molecule has 1 aliphatic heterocycles. The van der Waals surface area contributed by atoms with E-state index in [0.29, 0.717) is 66.9 Å². The fourth-order valence-electron chi connectivity index (χ4n) is 3.99. The molecule has 0 saturated carbocycles. The molecule has 1 aromatic heterocycles. The summed E-state index contributed by atoms with van der Waals surface area (Å²) >= 11 is 0. The van der Waals surface area contributed by atoms with Crippen LogP contribution in [0.15, 0.2) is 60.8 Å². The van der Waals surface area contributed by atoms with Gasteiger partial charge in [-0.2, -0.15) is 0 Å². The summed E-state index contributed by atoms with van der Waals surface area (Å²) in [6.07, 6.45) is 1.23. The number of rotatable bonds is 8. The summed E-state index contributed by atoms with van der Waals surface area (Å²) in [6.45, 7) is 4.39. The van der Waals surface area contributed by atoms with Crippen molar-refractivity contribution in [2.45, 2.75) is 13.0 Å². The van der Waals surface area contributed by atoms with E-state index in [-0.39, 0.29) is 17.9 Å². The van der Waals surface area contributed by atoms with Crippen LogP contribution in [0.3, 0.4) is 0 Å². The first-order valence-corrected chi connectivity index (χ1v) is 12.6. The van der Waals surface area contributed by atoms with Crippen molar-refractivity contribution in [2.24, 2.45) is 0 Å². The number of nitrogens with zero attached hydrogens (tertiary/aromatic N) is 2. The molecule has 1 saturated heterocycles. The van der Waals surface area contributed by atoms with Gasteiger partial charge in [0.25, 0.3) is 11.8 Å². The quantitative estimate of drug-likeness (QED) is 0.445. The van der Waals surface area contributed by atoms with Gasteiger partial charge >= 0.3 is 0 Å². The number of morpholine rings is 1. The third kappa shape index (κ3) is 7.57. The lowest BCUT2D eigenvalue weighted by molar-refractivity contribution is 0.0302. The van der Waals surface area contributed by atoms with Crippen molar-refractivity contribution < 1.29 is 28.5 Å². The molecule has 2 heterocycles. The molecule has 202 valence electrons. The average molecular weight is 530 g/mol. The monoisotopic (exact) mass is 529 g/mol. The topological polar surface area (TPSA) is 99.2 Å². The molecule has 1 aliphatic rings. The SMILES string of the molecule is COC[C@H](C)Oc1cc(C#Cc2ccccc2OC)cc(C(=O)Nc2ccc(C(=O)N3CCOCC3)cn2)c1. The average Bonchev–Trinajstić information content (AvgIpc) is 2.96. The Labute approximate surface area is 228 Å². The summed E-state index contributed by atoms with van der Waals surface area (Å²) in [5, 5.41) is 2.79. The van der Waals surface area contributed by atoms with Crippen molar-refractivity contribution in [3.05, 3.63) is 83.0 Å². The number of aromatic nitrogens is 1. The van der Waals surface area contributed by atoms with Gasteiger partial charge in [0.15, 0.2) is 0 Å². The molecule has 39 heavy (non-hydrogen) atoms. The largest absolute Gasteiger partial charge is 0.495 e. The van der Waals surface area contributed by atoms with Gasteiger partial charge in [0, 0.05) is 37.5 Å². The Hall–Kier alpha value is -4.39. The van der Waals surface area contributed by atoms with Gasteiger partial charge < -0.3 is 29.2 Å². The maximum atomic E-state index is 13.2. The number of pyridine rings is 1. The van der Waals surface area contributed by atoms with Crippen molar-refractivity contribution in [1.29, 1.82) is 0 Å². The van der Waals surface area contributed by atoms with E-state index in [1.54, 1.807) is 49.5 Å². The highest BCUT2D eigenvalue weighted by molar-refractivity contribution is 6.04. The molecule has 1 N–H and O–H groups in total. The maximum Gasteiger partial charge on any atom is 0.256 e. The number of hydrogen-bond acceptors (Lipinski definition) is 7. The van der Waals surface area contributed by atoms with Gasteiger partial charge in [-0.3, -0.25) is 9.59 Å². The van der Waals surface area contributed by atoms with E-state index >= 15 is 0 Å². The molecule has 9 nitrogen and oxygen atoms in total. The van der Waals surface area contributed by atoms with Crippen LogP contribution < -0.4 is 14.8 Å². The van der Waals surface area contributed by atoms with Gasteiger partial charge in [0.1, 0.15) is 23.4 Å². The van der Waals surface area contributed by atoms with Crippen molar-refractivity contribution in [3.8, 4) is 23.3 Å². The summed E-state index contributed by atoms with van der Waals surface area (Å²) < 4.78 is 21.8. The number of ether oxygens (including phenoxy) is 4. The second kappa shape index (κ2) is 13.4. The number of amides is 2. The molecule has 2 aromatic carbocycles. The van der Waals surface area contributed by atoms with Gasteiger partial charge in [-0.15, -0.1) is 0 Å². The Morgan fingerprint density at radius 2 is 1.85 bits per heavy atom. The molecule has 0 spiro atoms. The van der Waals surface area contributed by atoms with Crippen LogP contribution in [0, 0.1) is 11.8 Å². The minimum absolute atomic E-state index is 0.114. The Balaban J connectivity index is 1.54. The lowest BCUT2D eigenvalue weighted by Gasteiger charge is -2.26. The van der Waals surface area contributed by atoms with Crippen molar-refractivity contribution in [1.82, 2.24) is 9.88 Å². The number of carbonyl (C=O) groups excluding carboxylic acids is 2. The smallest absolute Gasteiger partial charge is 0.256 e. The van der Waals surface area contributed by atoms with Crippen LogP contribution >= 0.6 is 0 Å². The van der Waals surface area contributed by atoms with Crippen LogP contribution in [-0.4, -0.2) is 74.9 Å². The molecule has 9 heteroatoms. The standard InChI is InChI=1S/C30H31N3O6/c1-21(20-36-2)39-26-17-22(8-9-23-6-4-5-7-27(23)37-3)16-25(18-26)29(34)32-28-11-10-24(19-31-28)30(35)33-12-14-38-15-13-33/h4-7,10-11,16-19,21H,12-15,20H2,1-3H3,(H,31,32,34)/t21-/m0/s1. The van der Waals surface area contributed by atoms with Crippen LogP contribution in [0.1, 0.15) is 38.8 Å². The maximum absolute atomic E-state index is 13.2. The summed E-state index contributed by atoms with van der Waals surface area (Å²) in [5.41, 5.74) is 2.11. The predicted molar refractivity (Wildman–Crippen MR) is 146 cm³/mol. The predicted octanol–water partition coefficient (Wildman–Crippen LogP) is 3.63. The Morgan fingerprint density at radius 1 is 1.05 bits per heavy atom. The fourth-order valence-corrected chi connectivity index (χ4v) is 3.99. The lowest BCUT2D eigenvalue weighted by atomic mass is 10.1. The van der Waals surface area contributed by atoms with Crippen LogP contribution in [0.2, 0.25) is 0 Å². The summed E-state index contributed by atoms with van der Waals surface area (Å²) in [4.78, 5) is 31.8. The van der Waals surface area contributed by atoms with Crippen LogP contribution in [-0.2, 0) is 9.47 Å². The Kier molecular flexibility index (Phi) is 9.51. The Bertz CT molecular complexity index is 1360. The van der Waals surface area contributed by atoms with E-state index in [9.17, 15) is 9.59 Å². The molecule has 0 aliphatic carbocycles. The molecule has 1 atom stereocenters. The van der Waals surface area contributed by atoms with Gasteiger partial charge in [-0.05, 0) is 49.4 Å². The number of carbonyl (C=O) groups is 2. The molecular formula is C30H31N3O6. The molecule has 4 rings (SSSR count). The number of nitrogens with one attached hydrogen (secondary N) is 1. The van der Waals surface area contributed by atoms with Crippen LogP contribution in [0.4, 0.5) is 5.82 Å². The minimum atomic E-state index is -0.389. The lowest BCUT2D eigenvalue weighted by Crippen LogP contribution is -2.40. The zero-order valence-electron chi connectivity index (χ0n) is 22.2. The number of methoxy groups -OCH3 is 2. The molecule has 0 bridgehead atoms. The number of hydrogen-bond donors (Lipinski definition) is 1. The zero-order valence-corrected chi connectivity index (χ0v) is 22.2. The fraction of sp³-hybridized carbons (Fsp3) is 0.300. The third-order valence-electron chi connectivity index (χ3n) is 5.91. The number of para-hydroxylation sites is 1.